The summed E-state index contributed by atoms with van der Waals surface area (Å²) in [5.41, 5.74) is 0. The van der Waals surface area contributed by atoms with Gasteiger partial charge in [-0.15, -0.1) is 0 Å². The molecule has 15 heavy (non-hydrogen) atoms. The predicted octanol–water partition coefficient (Wildman–Crippen LogP) is 0.747. The summed E-state index contributed by atoms with van der Waals surface area (Å²) in [7, 11) is 0. The molecule has 4 heteroatoms. The molecule has 0 aromatic rings. The summed E-state index contributed by atoms with van der Waals surface area (Å²) in [5.74, 6) is -0.434. The molecule has 3 fully saturated rings. The maximum absolute atomic E-state index is 11.5. The lowest BCUT2D eigenvalue weighted by Crippen LogP contribution is -2.34. The van der Waals surface area contributed by atoms with E-state index in [-0.39, 0.29) is 35.8 Å². The maximum atomic E-state index is 11.5. The SMILES string of the molecule is CCOC1CC2CC1C1C(=O)OC(=O)C21. The second-order valence-electron chi connectivity index (χ2n) is 4.68. The van der Waals surface area contributed by atoms with Crippen LogP contribution in [0.2, 0.25) is 0 Å². The molecule has 2 saturated carbocycles. The lowest BCUT2D eigenvalue weighted by atomic mass is 9.79. The third-order valence-electron chi connectivity index (χ3n) is 4.07. The van der Waals surface area contributed by atoms with Crippen molar-refractivity contribution in [2.24, 2.45) is 23.7 Å². The summed E-state index contributed by atoms with van der Waals surface area (Å²) < 4.78 is 10.3. The van der Waals surface area contributed by atoms with Gasteiger partial charge in [0.15, 0.2) is 0 Å². The summed E-state index contributed by atoms with van der Waals surface area (Å²) in [6.45, 7) is 2.63. The van der Waals surface area contributed by atoms with Gasteiger partial charge in [-0.3, -0.25) is 9.59 Å². The fourth-order valence-electron chi connectivity index (χ4n) is 3.60. The standard InChI is InChI=1S/C11H14O4/c1-2-14-7-4-5-3-6(7)9-8(5)10(12)15-11(9)13/h5-9H,2-4H2,1H3. The Labute approximate surface area is 87.9 Å². The molecule has 2 aliphatic carbocycles. The van der Waals surface area contributed by atoms with Crippen LogP contribution < -0.4 is 0 Å². The number of carbonyl (C=O) groups is 2. The van der Waals surface area contributed by atoms with Crippen molar-refractivity contribution in [1.29, 1.82) is 0 Å². The lowest BCUT2D eigenvalue weighted by Gasteiger charge is -2.27. The van der Waals surface area contributed by atoms with Crippen molar-refractivity contribution in [3.05, 3.63) is 0 Å². The van der Waals surface area contributed by atoms with E-state index in [1.54, 1.807) is 0 Å². The monoisotopic (exact) mass is 210 g/mol. The van der Waals surface area contributed by atoms with E-state index in [4.69, 9.17) is 9.47 Å². The first-order valence-electron chi connectivity index (χ1n) is 5.59. The van der Waals surface area contributed by atoms with E-state index in [1.807, 2.05) is 6.92 Å². The van der Waals surface area contributed by atoms with Crippen LogP contribution in [0.1, 0.15) is 19.8 Å². The molecule has 3 rings (SSSR count). The highest BCUT2D eigenvalue weighted by atomic mass is 16.6. The van der Waals surface area contributed by atoms with Crippen LogP contribution in [0.15, 0.2) is 0 Å². The van der Waals surface area contributed by atoms with Gasteiger partial charge in [-0.05, 0) is 31.6 Å². The molecule has 4 nitrogen and oxygen atoms in total. The average Bonchev–Trinajstić information content (AvgIpc) is 2.80. The second-order valence-corrected chi connectivity index (χ2v) is 4.68. The highest BCUT2D eigenvalue weighted by Gasteiger charge is 2.63. The minimum atomic E-state index is -0.318. The third-order valence-corrected chi connectivity index (χ3v) is 4.07. The molecule has 5 atom stereocenters. The van der Waals surface area contributed by atoms with Crippen LogP contribution in [0.5, 0.6) is 0 Å². The Bertz CT molecular complexity index is 325. The maximum Gasteiger partial charge on any atom is 0.317 e. The van der Waals surface area contributed by atoms with Gasteiger partial charge in [0.05, 0.1) is 17.9 Å². The molecule has 5 unspecified atom stereocenters. The van der Waals surface area contributed by atoms with E-state index in [0.29, 0.717) is 12.5 Å². The smallest absolute Gasteiger partial charge is 0.317 e. The first kappa shape index (κ1) is 9.33. The van der Waals surface area contributed by atoms with Crippen molar-refractivity contribution in [2.45, 2.75) is 25.9 Å². The molecule has 82 valence electrons. The number of hydrogen-bond donors (Lipinski definition) is 0. The van der Waals surface area contributed by atoms with Gasteiger partial charge in [-0.25, -0.2) is 0 Å². The fourth-order valence-corrected chi connectivity index (χ4v) is 3.60. The predicted molar refractivity (Wildman–Crippen MR) is 49.7 cm³/mol. The van der Waals surface area contributed by atoms with Crippen molar-refractivity contribution >= 4 is 11.9 Å². The molecule has 3 aliphatic rings. The van der Waals surface area contributed by atoms with E-state index >= 15 is 0 Å². The van der Waals surface area contributed by atoms with Gasteiger partial charge in [0.2, 0.25) is 0 Å². The summed E-state index contributed by atoms with van der Waals surface area (Å²) in [6, 6.07) is 0. The van der Waals surface area contributed by atoms with E-state index in [2.05, 4.69) is 0 Å². The minimum Gasteiger partial charge on any atom is -0.393 e. The molecule has 2 bridgehead atoms. The molecule has 0 aromatic heterocycles. The summed E-state index contributed by atoms with van der Waals surface area (Å²) in [6.07, 6.45) is 2.04. The summed E-state index contributed by atoms with van der Waals surface area (Å²) in [5, 5.41) is 0. The average molecular weight is 210 g/mol. The second kappa shape index (κ2) is 3.04. The number of carbonyl (C=O) groups excluding carboxylic acids is 2. The molecule has 0 amide bonds. The normalized spacial score (nSPS) is 47.1. The fraction of sp³-hybridized carbons (Fsp3) is 0.818. The van der Waals surface area contributed by atoms with Crippen LogP contribution in [0, 0.1) is 23.7 Å². The van der Waals surface area contributed by atoms with Crippen LogP contribution in [0.25, 0.3) is 0 Å². The number of fused-ring (bicyclic) bond motifs is 5. The highest BCUT2D eigenvalue weighted by molar-refractivity contribution is 5.97. The van der Waals surface area contributed by atoms with Gasteiger partial charge >= 0.3 is 11.9 Å². The van der Waals surface area contributed by atoms with E-state index in [9.17, 15) is 9.59 Å². The largest absolute Gasteiger partial charge is 0.393 e. The number of ether oxygens (including phenoxy) is 2. The van der Waals surface area contributed by atoms with Crippen LogP contribution in [0.4, 0.5) is 0 Å². The van der Waals surface area contributed by atoms with Gasteiger partial charge in [0.25, 0.3) is 0 Å². The summed E-state index contributed by atoms with van der Waals surface area (Å²) >= 11 is 0. The molecule has 0 radical (unpaired) electrons. The number of hydrogen-bond acceptors (Lipinski definition) is 4. The molecular formula is C11H14O4. The Hall–Kier alpha value is -0.900. The molecule has 1 saturated heterocycles. The number of esters is 2. The Morgan fingerprint density at radius 1 is 1.27 bits per heavy atom. The molecule has 1 aliphatic heterocycles. The minimum absolute atomic E-state index is 0.154. The Morgan fingerprint density at radius 3 is 2.73 bits per heavy atom. The molecule has 0 aromatic carbocycles. The van der Waals surface area contributed by atoms with Crippen LogP contribution in [0.3, 0.4) is 0 Å². The lowest BCUT2D eigenvalue weighted by molar-refractivity contribution is -0.155. The zero-order chi connectivity index (χ0) is 10.6. The zero-order valence-electron chi connectivity index (χ0n) is 8.64. The topological polar surface area (TPSA) is 52.6 Å². The van der Waals surface area contributed by atoms with Gasteiger partial charge < -0.3 is 9.47 Å². The Morgan fingerprint density at radius 2 is 2.00 bits per heavy atom. The van der Waals surface area contributed by atoms with Crippen molar-refractivity contribution in [1.82, 2.24) is 0 Å². The van der Waals surface area contributed by atoms with Crippen LogP contribution in [-0.4, -0.2) is 24.6 Å². The number of rotatable bonds is 2. The number of cyclic esters (lactones) is 2. The molecule has 1 heterocycles. The van der Waals surface area contributed by atoms with Gasteiger partial charge in [-0.1, -0.05) is 0 Å². The van der Waals surface area contributed by atoms with Gasteiger partial charge in [0, 0.05) is 6.61 Å². The Kier molecular flexibility index (Phi) is 1.89. The third kappa shape index (κ3) is 1.11. The van der Waals surface area contributed by atoms with Crippen molar-refractivity contribution in [2.75, 3.05) is 6.61 Å². The van der Waals surface area contributed by atoms with Crippen LogP contribution in [-0.2, 0) is 19.1 Å². The zero-order valence-corrected chi connectivity index (χ0v) is 8.64. The summed E-state index contributed by atoms with van der Waals surface area (Å²) in [4.78, 5) is 22.9. The van der Waals surface area contributed by atoms with Crippen molar-refractivity contribution in [3.8, 4) is 0 Å². The Balaban J connectivity index is 1.85. The van der Waals surface area contributed by atoms with Crippen molar-refractivity contribution < 1.29 is 19.1 Å². The molecule has 0 N–H and O–H groups in total. The quantitative estimate of drug-likeness (QED) is 0.498. The molecule has 0 spiro atoms. The van der Waals surface area contributed by atoms with Crippen LogP contribution >= 0.6 is 0 Å². The van der Waals surface area contributed by atoms with E-state index in [1.165, 1.54) is 0 Å². The van der Waals surface area contributed by atoms with Gasteiger partial charge in [-0.2, -0.15) is 0 Å². The van der Waals surface area contributed by atoms with Gasteiger partial charge in [0.1, 0.15) is 0 Å². The van der Waals surface area contributed by atoms with E-state index < -0.39 is 0 Å². The first-order chi connectivity index (χ1) is 7.22. The molecular weight excluding hydrogens is 196 g/mol. The van der Waals surface area contributed by atoms with E-state index in [0.717, 1.165) is 12.8 Å². The van der Waals surface area contributed by atoms with Crippen molar-refractivity contribution in [3.63, 3.8) is 0 Å². The highest BCUT2D eigenvalue weighted by Crippen LogP contribution is 2.56. The first-order valence-corrected chi connectivity index (χ1v) is 5.59.